The van der Waals surface area contributed by atoms with E-state index < -0.39 is 31.7 Å². The van der Waals surface area contributed by atoms with Crippen molar-refractivity contribution in [2.24, 2.45) is 0 Å². The molecule has 0 aliphatic rings. The summed E-state index contributed by atoms with van der Waals surface area (Å²) in [5.41, 5.74) is 0.928. The fraction of sp³-hybridized carbons (Fsp3) is 0.0769. The minimum Gasteiger partial charge on any atom is -0.744 e. The van der Waals surface area contributed by atoms with E-state index in [1.54, 1.807) is 12.1 Å². The van der Waals surface area contributed by atoms with Crippen molar-refractivity contribution in [1.82, 2.24) is 0 Å². The summed E-state index contributed by atoms with van der Waals surface area (Å²) < 4.78 is 40.9. The van der Waals surface area contributed by atoms with E-state index in [4.69, 9.17) is 3.44 Å². The molecule has 6 heteroatoms. The molecule has 2 aromatic rings. The highest BCUT2D eigenvalue weighted by Crippen LogP contribution is 2.08. The van der Waals surface area contributed by atoms with Crippen molar-refractivity contribution >= 4 is 10.1 Å². The first kappa shape index (κ1) is 16.1. The lowest BCUT2D eigenvalue weighted by atomic mass is 10.2. The SMILES string of the molecule is Cc1ccc(S(=O)(=O)[O-])cc1.O[I+]c1ccccc1. The van der Waals surface area contributed by atoms with Crippen LogP contribution < -0.4 is 21.6 Å². The smallest absolute Gasteiger partial charge is 0.519 e. The van der Waals surface area contributed by atoms with Crippen molar-refractivity contribution < 1.29 is 38.0 Å². The van der Waals surface area contributed by atoms with Crippen LogP contribution in [-0.4, -0.2) is 16.4 Å². The van der Waals surface area contributed by atoms with Gasteiger partial charge in [0.15, 0.2) is 0 Å². The second-order valence-electron chi connectivity index (χ2n) is 3.65. The summed E-state index contributed by atoms with van der Waals surface area (Å²) in [6.45, 7) is 1.82. The maximum Gasteiger partial charge on any atom is 0.519 e. The van der Waals surface area contributed by atoms with E-state index in [0.717, 1.165) is 9.13 Å². The Kier molecular flexibility index (Phi) is 6.43. The molecule has 0 aromatic heterocycles. The van der Waals surface area contributed by atoms with Gasteiger partial charge in [-0.2, -0.15) is 3.44 Å². The van der Waals surface area contributed by atoms with Crippen molar-refractivity contribution in [3.05, 3.63) is 63.7 Å². The number of rotatable bonds is 2. The Morgan fingerprint density at radius 1 is 1.00 bits per heavy atom. The van der Waals surface area contributed by atoms with Gasteiger partial charge in [0, 0.05) is 0 Å². The maximum absolute atomic E-state index is 10.4. The van der Waals surface area contributed by atoms with Gasteiger partial charge >= 0.3 is 21.6 Å². The molecule has 0 bridgehead atoms. The second-order valence-corrected chi connectivity index (χ2v) is 6.75. The van der Waals surface area contributed by atoms with Gasteiger partial charge in [0.25, 0.3) is 0 Å². The molecular weight excluding hydrogens is 379 g/mol. The van der Waals surface area contributed by atoms with Gasteiger partial charge in [0.2, 0.25) is 3.57 Å². The standard InChI is InChI=1S/C7H8O3S.C6H6IO/c1-6-2-4-7(5-3-6)11(8,9)10;8-7-6-4-2-1-3-5-6/h2-5H,1H3,(H,8,9,10);1-5,8H/q;+1/p-1. The van der Waals surface area contributed by atoms with Crippen LogP contribution in [0.4, 0.5) is 0 Å². The average molecular weight is 392 g/mol. The number of halogens is 1. The predicted molar refractivity (Wildman–Crippen MR) is 66.5 cm³/mol. The van der Waals surface area contributed by atoms with E-state index in [-0.39, 0.29) is 4.90 Å². The molecule has 1 N–H and O–H groups in total. The summed E-state index contributed by atoms with van der Waals surface area (Å²) in [4.78, 5) is -0.178. The van der Waals surface area contributed by atoms with Crippen LogP contribution in [0.25, 0.3) is 0 Å². The predicted octanol–water partition coefficient (Wildman–Crippen LogP) is -1.25. The van der Waals surface area contributed by atoms with E-state index in [1.807, 2.05) is 37.3 Å². The molecular formula is C13H13IO4S. The Morgan fingerprint density at radius 3 is 1.89 bits per heavy atom. The molecule has 102 valence electrons. The first-order valence-corrected chi connectivity index (χ1v) is 8.75. The third-order valence-electron chi connectivity index (χ3n) is 2.14. The van der Waals surface area contributed by atoms with Gasteiger partial charge in [0.05, 0.1) is 4.90 Å². The van der Waals surface area contributed by atoms with E-state index in [2.05, 4.69) is 0 Å². The van der Waals surface area contributed by atoms with Gasteiger partial charge in [-0.05, 0) is 31.2 Å². The second kappa shape index (κ2) is 7.59. The summed E-state index contributed by atoms with van der Waals surface area (Å²) in [7, 11) is -4.27. The summed E-state index contributed by atoms with van der Waals surface area (Å²) in [6.07, 6.45) is 0. The van der Waals surface area contributed by atoms with Gasteiger partial charge in [-0.1, -0.05) is 35.9 Å². The molecule has 0 radical (unpaired) electrons. The zero-order valence-corrected chi connectivity index (χ0v) is 13.1. The highest BCUT2D eigenvalue weighted by Gasteiger charge is 2.03. The normalized spacial score (nSPS) is 10.5. The molecule has 2 aromatic carbocycles. The lowest BCUT2D eigenvalue weighted by molar-refractivity contribution is -0.866. The van der Waals surface area contributed by atoms with Crippen LogP contribution in [0, 0.1) is 10.5 Å². The van der Waals surface area contributed by atoms with Crippen LogP contribution in [0.5, 0.6) is 0 Å². The zero-order valence-electron chi connectivity index (χ0n) is 10.2. The van der Waals surface area contributed by atoms with Crippen LogP contribution in [-0.2, 0) is 10.1 Å². The number of hydrogen-bond acceptors (Lipinski definition) is 4. The first-order valence-electron chi connectivity index (χ1n) is 5.29. The van der Waals surface area contributed by atoms with Gasteiger partial charge in [0.1, 0.15) is 10.1 Å². The Bertz CT molecular complexity index is 594. The topological polar surface area (TPSA) is 77.4 Å². The minimum atomic E-state index is -4.27. The zero-order chi connectivity index (χ0) is 14.3. The molecule has 0 unspecified atom stereocenters. The van der Waals surface area contributed by atoms with E-state index in [9.17, 15) is 13.0 Å². The quantitative estimate of drug-likeness (QED) is 0.512. The monoisotopic (exact) mass is 392 g/mol. The van der Waals surface area contributed by atoms with Crippen LogP contribution in [0.2, 0.25) is 0 Å². The molecule has 2 rings (SSSR count). The van der Waals surface area contributed by atoms with Gasteiger partial charge in [-0.3, -0.25) is 0 Å². The Morgan fingerprint density at radius 2 is 1.53 bits per heavy atom. The highest BCUT2D eigenvalue weighted by atomic mass is 127. The maximum atomic E-state index is 10.4. The molecule has 0 heterocycles. The third-order valence-corrected chi connectivity index (χ3v) is 4.27. The third kappa shape index (κ3) is 6.15. The van der Waals surface area contributed by atoms with Crippen molar-refractivity contribution in [3.63, 3.8) is 0 Å². The molecule has 0 saturated carbocycles. The van der Waals surface area contributed by atoms with E-state index >= 15 is 0 Å². The van der Waals surface area contributed by atoms with Gasteiger partial charge in [-0.25, -0.2) is 8.42 Å². The summed E-state index contributed by atoms with van der Waals surface area (Å²) in [5, 5.41) is 0. The average Bonchev–Trinajstić information content (AvgIpc) is 2.40. The van der Waals surface area contributed by atoms with Crippen LogP contribution in [0.15, 0.2) is 59.5 Å². The molecule has 0 saturated heterocycles. The Labute approximate surface area is 123 Å². The Hall–Kier alpha value is -0.960. The van der Waals surface area contributed by atoms with Crippen LogP contribution in [0.1, 0.15) is 5.56 Å². The first-order chi connectivity index (χ1) is 8.93. The molecule has 4 nitrogen and oxygen atoms in total. The van der Waals surface area contributed by atoms with Gasteiger partial charge in [-0.15, -0.1) is 0 Å². The minimum absolute atomic E-state index is 0.178. The van der Waals surface area contributed by atoms with Crippen molar-refractivity contribution in [3.8, 4) is 0 Å². The lowest BCUT2D eigenvalue weighted by Crippen LogP contribution is -3.61. The number of benzene rings is 2. The van der Waals surface area contributed by atoms with Crippen LogP contribution >= 0.6 is 0 Å². The Balaban J connectivity index is 0.000000200. The largest absolute Gasteiger partial charge is 0.744 e. The van der Waals surface area contributed by atoms with Crippen LogP contribution in [0.3, 0.4) is 0 Å². The number of aryl methyl sites for hydroxylation is 1. The van der Waals surface area contributed by atoms with Crippen molar-refractivity contribution in [2.75, 3.05) is 0 Å². The van der Waals surface area contributed by atoms with Gasteiger partial charge < -0.3 is 4.55 Å². The molecule has 0 fully saturated rings. The summed E-state index contributed by atoms with van der Waals surface area (Å²) in [5.74, 6) is 0. The van der Waals surface area contributed by atoms with E-state index in [1.165, 1.54) is 12.1 Å². The fourth-order valence-corrected chi connectivity index (χ4v) is 2.38. The molecule has 0 amide bonds. The van der Waals surface area contributed by atoms with Crippen molar-refractivity contribution in [1.29, 1.82) is 0 Å². The fourth-order valence-electron chi connectivity index (χ4n) is 1.18. The number of hydrogen-bond donors (Lipinski definition) is 1. The summed E-state index contributed by atoms with van der Waals surface area (Å²) >= 11 is -0.691. The van der Waals surface area contributed by atoms with Crippen molar-refractivity contribution in [2.45, 2.75) is 11.8 Å². The molecule has 19 heavy (non-hydrogen) atoms. The lowest BCUT2D eigenvalue weighted by Gasteiger charge is -2.05. The summed E-state index contributed by atoms with van der Waals surface area (Å²) in [6, 6.07) is 15.5. The molecule has 0 aliphatic heterocycles. The molecule has 0 aliphatic carbocycles. The molecule has 0 spiro atoms. The highest BCUT2D eigenvalue weighted by molar-refractivity contribution is 7.85. The van der Waals surface area contributed by atoms with E-state index in [0.29, 0.717) is 0 Å². The molecule has 0 atom stereocenters.